The van der Waals surface area contributed by atoms with E-state index in [9.17, 15) is 18.4 Å². The number of benzene rings is 2. The van der Waals surface area contributed by atoms with E-state index in [0.717, 1.165) is 17.7 Å². The highest BCUT2D eigenvalue weighted by Crippen LogP contribution is 2.21. The summed E-state index contributed by atoms with van der Waals surface area (Å²) < 4.78 is 31.3. The van der Waals surface area contributed by atoms with Gasteiger partial charge in [0.25, 0.3) is 5.91 Å². The number of ether oxygens (including phenoxy) is 1. The first kappa shape index (κ1) is 16.9. The molecule has 130 valence electrons. The molecule has 5 nitrogen and oxygen atoms in total. The smallest absolute Gasteiger partial charge is 0.414 e. The van der Waals surface area contributed by atoms with Gasteiger partial charge in [0, 0.05) is 11.3 Å². The molecule has 0 aliphatic carbocycles. The molecule has 0 radical (unpaired) electrons. The van der Waals surface area contributed by atoms with Crippen LogP contribution in [-0.4, -0.2) is 31.2 Å². The molecule has 2 amide bonds. The zero-order chi connectivity index (χ0) is 18.0. The zero-order valence-electron chi connectivity index (χ0n) is 13.5. The van der Waals surface area contributed by atoms with Gasteiger partial charge in [-0.2, -0.15) is 0 Å². The van der Waals surface area contributed by atoms with Crippen molar-refractivity contribution in [3.8, 4) is 0 Å². The lowest BCUT2D eigenvalue weighted by molar-refractivity contribution is 0.0915. The Balaban J connectivity index is 1.59. The molecule has 2 aromatic rings. The lowest BCUT2D eigenvalue weighted by Gasteiger charge is -2.13. The number of hydrogen-bond donors (Lipinski definition) is 1. The third-order valence-corrected chi connectivity index (χ3v) is 3.89. The van der Waals surface area contributed by atoms with E-state index in [2.05, 4.69) is 5.32 Å². The van der Waals surface area contributed by atoms with Crippen LogP contribution in [0.1, 0.15) is 15.9 Å². The van der Waals surface area contributed by atoms with Crippen LogP contribution in [0.15, 0.2) is 42.5 Å². The first-order chi connectivity index (χ1) is 11.9. The second-order valence-corrected chi connectivity index (χ2v) is 5.79. The third-order valence-electron chi connectivity index (χ3n) is 3.89. The molecule has 1 aliphatic rings. The number of nitrogens with one attached hydrogen (secondary N) is 1. The van der Waals surface area contributed by atoms with Crippen LogP contribution in [0.5, 0.6) is 0 Å². The van der Waals surface area contributed by atoms with Gasteiger partial charge >= 0.3 is 6.09 Å². The summed E-state index contributed by atoms with van der Waals surface area (Å²) in [6.07, 6.45) is -1.01. The van der Waals surface area contributed by atoms with Crippen molar-refractivity contribution in [2.45, 2.75) is 13.0 Å². The normalized spacial score (nSPS) is 16.7. The maximum atomic E-state index is 13.2. The van der Waals surface area contributed by atoms with Gasteiger partial charge in [-0.1, -0.05) is 17.7 Å². The molecule has 2 aromatic carbocycles. The Kier molecular flexibility index (Phi) is 4.65. The number of cyclic esters (lactones) is 1. The minimum absolute atomic E-state index is 0.00128. The Morgan fingerprint density at radius 1 is 1.20 bits per heavy atom. The number of rotatable bonds is 4. The third kappa shape index (κ3) is 3.76. The van der Waals surface area contributed by atoms with Gasteiger partial charge in [-0.25, -0.2) is 13.6 Å². The zero-order valence-corrected chi connectivity index (χ0v) is 13.5. The summed E-state index contributed by atoms with van der Waals surface area (Å²) in [7, 11) is 0. The standard InChI is InChI=1S/C18H16F2N2O3/c1-11-2-5-13(6-3-11)22-10-14(25-18(22)24)9-21-17(23)12-4-7-15(19)16(20)8-12/h2-8,14H,9-10H2,1H3,(H,21,23). The summed E-state index contributed by atoms with van der Waals surface area (Å²) in [4.78, 5) is 25.4. The van der Waals surface area contributed by atoms with Crippen molar-refractivity contribution >= 4 is 17.7 Å². The van der Waals surface area contributed by atoms with Gasteiger partial charge in [0.1, 0.15) is 6.10 Å². The van der Waals surface area contributed by atoms with Gasteiger partial charge in [0.05, 0.1) is 13.1 Å². The SMILES string of the molecule is Cc1ccc(N2CC(CNC(=O)c3ccc(F)c(F)c3)OC2=O)cc1. The number of hydrogen-bond acceptors (Lipinski definition) is 3. The monoisotopic (exact) mass is 346 g/mol. The van der Waals surface area contributed by atoms with Gasteiger partial charge in [-0.3, -0.25) is 9.69 Å². The van der Waals surface area contributed by atoms with Crippen molar-refractivity contribution in [2.24, 2.45) is 0 Å². The van der Waals surface area contributed by atoms with Crippen molar-refractivity contribution < 1.29 is 23.1 Å². The van der Waals surface area contributed by atoms with Gasteiger partial charge in [-0.15, -0.1) is 0 Å². The molecule has 1 unspecified atom stereocenters. The molecule has 25 heavy (non-hydrogen) atoms. The lowest BCUT2D eigenvalue weighted by Crippen LogP contribution is -2.34. The van der Waals surface area contributed by atoms with Crippen molar-refractivity contribution in [2.75, 3.05) is 18.0 Å². The van der Waals surface area contributed by atoms with E-state index in [1.165, 1.54) is 11.0 Å². The molecule has 1 saturated heterocycles. The molecule has 1 atom stereocenters. The number of nitrogens with zero attached hydrogens (tertiary/aromatic N) is 1. The topological polar surface area (TPSA) is 58.6 Å². The van der Waals surface area contributed by atoms with E-state index in [1.807, 2.05) is 31.2 Å². The van der Waals surface area contributed by atoms with Crippen LogP contribution >= 0.6 is 0 Å². The summed E-state index contributed by atoms with van der Waals surface area (Å²) >= 11 is 0. The van der Waals surface area contributed by atoms with Crippen molar-refractivity contribution in [3.05, 3.63) is 65.2 Å². The average Bonchev–Trinajstić information content (AvgIpc) is 2.96. The van der Waals surface area contributed by atoms with Gasteiger partial charge in [0.15, 0.2) is 11.6 Å². The quantitative estimate of drug-likeness (QED) is 0.926. The van der Waals surface area contributed by atoms with Crippen LogP contribution < -0.4 is 10.2 Å². The minimum atomic E-state index is -1.09. The Morgan fingerprint density at radius 3 is 2.60 bits per heavy atom. The number of aryl methyl sites for hydroxylation is 1. The maximum absolute atomic E-state index is 13.2. The maximum Gasteiger partial charge on any atom is 0.414 e. The second-order valence-electron chi connectivity index (χ2n) is 5.79. The molecular formula is C18H16F2N2O3. The minimum Gasteiger partial charge on any atom is -0.442 e. The predicted molar refractivity (Wildman–Crippen MR) is 87.5 cm³/mol. The fraction of sp³-hybridized carbons (Fsp3) is 0.222. The predicted octanol–water partition coefficient (Wildman–Crippen LogP) is 3.03. The molecule has 1 heterocycles. The van der Waals surface area contributed by atoms with Gasteiger partial charge in [-0.05, 0) is 37.3 Å². The molecule has 0 spiro atoms. The van der Waals surface area contributed by atoms with Crippen LogP contribution in [0, 0.1) is 18.6 Å². The molecule has 1 aliphatic heterocycles. The van der Waals surface area contributed by atoms with Crippen molar-refractivity contribution in [1.82, 2.24) is 5.32 Å². The largest absolute Gasteiger partial charge is 0.442 e. The van der Waals surface area contributed by atoms with Crippen LogP contribution in [0.25, 0.3) is 0 Å². The van der Waals surface area contributed by atoms with Crippen molar-refractivity contribution in [1.29, 1.82) is 0 Å². The number of anilines is 1. The van der Waals surface area contributed by atoms with Crippen LogP contribution in [0.3, 0.4) is 0 Å². The average molecular weight is 346 g/mol. The molecule has 1 fully saturated rings. The number of halogens is 2. The fourth-order valence-electron chi connectivity index (χ4n) is 2.51. The number of carbonyl (C=O) groups excluding carboxylic acids is 2. The van der Waals surface area contributed by atoms with E-state index >= 15 is 0 Å². The summed E-state index contributed by atoms with van der Waals surface area (Å²) in [5.41, 5.74) is 1.79. The van der Waals surface area contributed by atoms with E-state index in [4.69, 9.17) is 4.74 Å². The fourth-order valence-corrected chi connectivity index (χ4v) is 2.51. The molecular weight excluding hydrogens is 330 g/mol. The molecule has 0 saturated carbocycles. The van der Waals surface area contributed by atoms with Crippen LogP contribution in [0.4, 0.5) is 19.3 Å². The number of carbonyl (C=O) groups is 2. The first-order valence-electron chi connectivity index (χ1n) is 7.72. The van der Waals surface area contributed by atoms with E-state index in [-0.39, 0.29) is 12.1 Å². The number of amides is 2. The summed E-state index contributed by atoms with van der Waals surface area (Å²) in [6.45, 7) is 2.31. The van der Waals surface area contributed by atoms with Crippen LogP contribution in [-0.2, 0) is 4.74 Å². The van der Waals surface area contributed by atoms with E-state index in [0.29, 0.717) is 12.2 Å². The summed E-state index contributed by atoms with van der Waals surface area (Å²) in [5, 5.41) is 2.56. The molecule has 3 rings (SSSR count). The first-order valence-corrected chi connectivity index (χ1v) is 7.72. The molecule has 7 heteroatoms. The second kappa shape index (κ2) is 6.88. The highest BCUT2D eigenvalue weighted by molar-refractivity contribution is 5.94. The van der Waals surface area contributed by atoms with Gasteiger partial charge < -0.3 is 10.1 Å². The Labute approximate surface area is 143 Å². The van der Waals surface area contributed by atoms with Crippen LogP contribution in [0.2, 0.25) is 0 Å². The molecule has 0 bridgehead atoms. The van der Waals surface area contributed by atoms with E-state index < -0.39 is 29.7 Å². The Hall–Kier alpha value is -2.96. The molecule has 1 N–H and O–H groups in total. The lowest BCUT2D eigenvalue weighted by atomic mass is 10.2. The van der Waals surface area contributed by atoms with Gasteiger partial charge in [0.2, 0.25) is 0 Å². The van der Waals surface area contributed by atoms with E-state index in [1.54, 1.807) is 0 Å². The summed E-state index contributed by atoms with van der Waals surface area (Å²) in [5.74, 6) is -2.68. The highest BCUT2D eigenvalue weighted by atomic mass is 19.2. The molecule has 0 aromatic heterocycles. The van der Waals surface area contributed by atoms with Crippen molar-refractivity contribution in [3.63, 3.8) is 0 Å². The summed E-state index contributed by atoms with van der Waals surface area (Å²) in [6, 6.07) is 10.3. The Morgan fingerprint density at radius 2 is 1.92 bits per heavy atom. The Bertz CT molecular complexity index is 808. The highest BCUT2D eigenvalue weighted by Gasteiger charge is 2.32.